The lowest BCUT2D eigenvalue weighted by molar-refractivity contribution is -0.122. The van der Waals surface area contributed by atoms with Crippen LogP contribution in [0.25, 0.3) is 16.9 Å². The molecule has 0 spiro atoms. The number of amides is 1. The summed E-state index contributed by atoms with van der Waals surface area (Å²) in [6, 6.07) is 17.2. The molecular weight excluding hydrogens is 390 g/mol. The van der Waals surface area contributed by atoms with Gasteiger partial charge in [0.25, 0.3) is 5.91 Å². The Bertz CT molecular complexity index is 1250. The number of anilines is 1. The molecular formula is C25H25N3O3. The van der Waals surface area contributed by atoms with Crippen LogP contribution in [0.3, 0.4) is 0 Å². The largest absolute Gasteiger partial charge is 0.493 e. The third-order valence-electron chi connectivity index (χ3n) is 5.13. The molecule has 1 N–H and O–H groups in total. The molecule has 158 valence electrons. The second kappa shape index (κ2) is 8.52. The Balaban J connectivity index is 1.57. The van der Waals surface area contributed by atoms with Gasteiger partial charge in [0.2, 0.25) is 0 Å². The molecule has 0 aliphatic heterocycles. The number of nitrogens with one attached hydrogen (secondary N) is 1. The first kappa shape index (κ1) is 20.5. The molecule has 0 radical (unpaired) electrons. The number of fused-ring (bicyclic) bond motifs is 1. The molecule has 1 unspecified atom stereocenters. The Labute approximate surface area is 181 Å². The molecule has 4 aromatic rings. The molecule has 2 aromatic heterocycles. The minimum absolute atomic E-state index is 0.255. The molecule has 2 heterocycles. The van der Waals surface area contributed by atoms with Gasteiger partial charge >= 0.3 is 0 Å². The maximum absolute atomic E-state index is 12.9. The Morgan fingerprint density at radius 3 is 2.65 bits per heavy atom. The molecule has 1 atom stereocenters. The van der Waals surface area contributed by atoms with E-state index in [0.29, 0.717) is 17.2 Å². The number of nitrogens with zero attached hydrogens (tertiary/aromatic N) is 2. The zero-order chi connectivity index (χ0) is 22.0. The molecule has 6 nitrogen and oxygen atoms in total. The van der Waals surface area contributed by atoms with E-state index >= 15 is 0 Å². The molecule has 6 heteroatoms. The number of imidazole rings is 1. The van der Waals surface area contributed by atoms with Crippen molar-refractivity contribution in [1.82, 2.24) is 9.38 Å². The monoisotopic (exact) mass is 415 g/mol. The Morgan fingerprint density at radius 1 is 1.06 bits per heavy atom. The first-order chi connectivity index (χ1) is 15.0. The summed E-state index contributed by atoms with van der Waals surface area (Å²) in [6.45, 7) is 5.71. The molecule has 4 rings (SSSR count). The zero-order valence-corrected chi connectivity index (χ0v) is 18.0. The normalized spacial score (nSPS) is 11.9. The minimum Gasteiger partial charge on any atom is -0.493 e. The summed E-state index contributed by atoms with van der Waals surface area (Å²) in [7, 11) is 1.58. The van der Waals surface area contributed by atoms with Crippen LogP contribution < -0.4 is 14.8 Å². The average Bonchev–Trinajstić information content (AvgIpc) is 3.21. The van der Waals surface area contributed by atoms with E-state index < -0.39 is 6.10 Å². The lowest BCUT2D eigenvalue weighted by atomic mass is 10.1. The Morgan fingerprint density at radius 2 is 1.87 bits per heavy atom. The quantitative estimate of drug-likeness (QED) is 0.480. The van der Waals surface area contributed by atoms with Crippen molar-refractivity contribution in [1.29, 1.82) is 0 Å². The SMILES string of the molecule is COc1cc(C)ccc1OC(C)C(=O)Nc1ccccc1-c1cn2cccc(C)c2n1. The van der Waals surface area contributed by atoms with Crippen molar-refractivity contribution < 1.29 is 14.3 Å². The van der Waals surface area contributed by atoms with Crippen LogP contribution in [0.5, 0.6) is 11.5 Å². The van der Waals surface area contributed by atoms with E-state index in [0.717, 1.165) is 28.0 Å². The average molecular weight is 415 g/mol. The van der Waals surface area contributed by atoms with E-state index in [1.165, 1.54) is 0 Å². The summed E-state index contributed by atoms with van der Waals surface area (Å²) in [5.41, 5.74) is 5.35. The summed E-state index contributed by atoms with van der Waals surface area (Å²) in [5, 5.41) is 2.98. The third-order valence-corrected chi connectivity index (χ3v) is 5.13. The number of hydrogen-bond donors (Lipinski definition) is 1. The van der Waals surface area contributed by atoms with Gasteiger partial charge in [-0.15, -0.1) is 0 Å². The third kappa shape index (κ3) is 4.23. The summed E-state index contributed by atoms with van der Waals surface area (Å²) < 4.78 is 13.2. The number of aromatic nitrogens is 2. The molecule has 0 aliphatic carbocycles. The highest BCUT2D eigenvalue weighted by atomic mass is 16.5. The van der Waals surface area contributed by atoms with Gasteiger partial charge in [0.05, 0.1) is 18.5 Å². The van der Waals surface area contributed by atoms with Crippen LogP contribution in [0, 0.1) is 13.8 Å². The molecule has 2 aromatic carbocycles. The van der Waals surface area contributed by atoms with Gasteiger partial charge in [-0.1, -0.05) is 30.3 Å². The van der Waals surface area contributed by atoms with Gasteiger partial charge in [-0.3, -0.25) is 4.79 Å². The van der Waals surface area contributed by atoms with Gasteiger partial charge in [-0.2, -0.15) is 0 Å². The topological polar surface area (TPSA) is 64.9 Å². The number of hydrogen-bond acceptors (Lipinski definition) is 4. The van der Waals surface area contributed by atoms with Gasteiger partial charge < -0.3 is 19.2 Å². The van der Waals surface area contributed by atoms with E-state index in [1.54, 1.807) is 14.0 Å². The fraction of sp³-hybridized carbons (Fsp3) is 0.200. The first-order valence-electron chi connectivity index (χ1n) is 10.1. The van der Waals surface area contributed by atoms with Gasteiger partial charge in [0, 0.05) is 18.0 Å². The van der Waals surface area contributed by atoms with E-state index in [2.05, 4.69) is 5.32 Å². The number of para-hydroxylation sites is 1. The number of carbonyl (C=O) groups is 1. The van der Waals surface area contributed by atoms with Crippen LogP contribution in [-0.2, 0) is 4.79 Å². The van der Waals surface area contributed by atoms with Crippen molar-refractivity contribution in [3.63, 3.8) is 0 Å². The highest BCUT2D eigenvalue weighted by molar-refractivity contribution is 5.97. The predicted octanol–water partition coefficient (Wildman–Crippen LogP) is 5.03. The standard InChI is InChI=1S/C25H25N3O3/c1-16-11-12-22(23(14-16)30-4)31-18(3)25(29)27-20-10-6-5-9-19(20)21-15-28-13-7-8-17(2)24(28)26-21/h5-15,18H,1-4H3,(H,27,29). The molecule has 1 amide bonds. The van der Waals surface area contributed by atoms with E-state index in [9.17, 15) is 4.79 Å². The summed E-state index contributed by atoms with van der Waals surface area (Å²) in [6.07, 6.45) is 3.21. The minimum atomic E-state index is -0.715. The number of rotatable bonds is 6. The van der Waals surface area contributed by atoms with Crippen LogP contribution in [0.1, 0.15) is 18.1 Å². The van der Waals surface area contributed by atoms with Crippen LogP contribution in [0.4, 0.5) is 5.69 Å². The molecule has 31 heavy (non-hydrogen) atoms. The van der Waals surface area contributed by atoms with Crippen molar-refractivity contribution >= 4 is 17.2 Å². The van der Waals surface area contributed by atoms with Gasteiger partial charge in [0.1, 0.15) is 5.65 Å². The first-order valence-corrected chi connectivity index (χ1v) is 10.1. The van der Waals surface area contributed by atoms with Crippen LogP contribution in [0.2, 0.25) is 0 Å². The lowest BCUT2D eigenvalue weighted by Crippen LogP contribution is -2.30. The summed E-state index contributed by atoms with van der Waals surface area (Å²) in [4.78, 5) is 17.6. The number of pyridine rings is 1. The van der Waals surface area contributed by atoms with Gasteiger partial charge in [-0.25, -0.2) is 4.98 Å². The number of aryl methyl sites for hydroxylation is 2. The summed E-state index contributed by atoms with van der Waals surface area (Å²) >= 11 is 0. The molecule has 0 aliphatic rings. The molecule has 0 fully saturated rings. The van der Waals surface area contributed by atoms with Gasteiger partial charge in [0.15, 0.2) is 17.6 Å². The highest BCUT2D eigenvalue weighted by Crippen LogP contribution is 2.30. The predicted molar refractivity (Wildman–Crippen MR) is 122 cm³/mol. The fourth-order valence-electron chi connectivity index (χ4n) is 3.45. The second-order valence-corrected chi connectivity index (χ2v) is 7.50. The molecule has 0 bridgehead atoms. The fourth-order valence-corrected chi connectivity index (χ4v) is 3.45. The Kier molecular flexibility index (Phi) is 5.62. The maximum Gasteiger partial charge on any atom is 0.265 e. The Hall–Kier alpha value is -3.80. The number of ether oxygens (including phenoxy) is 2. The smallest absolute Gasteiger partial charge is 0.265 e. The van der Waals surface area contributed by atoms with Crippen LogP contribution in [0.15, 0.2) is 67.0 Å². The zero-order valence-electron chi connectivity index (χ0n) is 18.0. The van der Waals surface area contributed by atoms with Crippen molar-refractivity contribution in [2.24, 2.45) is 0 Å². The number of benzene rings is 2. The van der Waals surface area contributed by atoms with Crippen molar-refractivity contribution in [2.45, 2.75) is 26.9 Å². The van der Waals surface area contributed by atoms with E-state index in [4.69, 9.17) is 14.5 Å². The molecule has 0 saturated carbocycles. The second-order valence-electron chi connectivity index (χ2n) is 7.50. The van der Waals surface area contributed by atoms with Crippen molar-refractivity contribution in [3.05, 3.63) is 78.1 Å². The van der Waals surface area contributed by atoms with Crippen LogP contribution >= 0.6 is 0 Å². The molecule has 0 saturated heterocycles. The van der Waals surface area contributed by atoms with Gasteiger partial charge in [-0.05, 0) is 56.2 Å². The van der Waals surface area contributed by atoms with Crippen molar-refractivity contribution in [3.8, 4) is 22.8 Å². The number of methoxy groups -OCH3 is 1. The van der Waals surface area contributed by atoms with E-state index in [1.807, 2.05) is 85.2 Å². The van der Waals surface area contributed by atoms with Crippen LogP contribution in [-0.4, -0.2) is 28.5 Å². The number of carbonyl (C=O) groups excluding carboxylic acids is 1. The lowest BCUT2D eigenvalue weighted by Gasteiger charge is -2.18. The summed E-state index contributed by atoms with van der Waals surface area (Å²) in [5.74, 6) is 0.870. The highest BCUT2D eigenvalue weighted by Gasteiger charge is 2.19. The maximum atomic E-state index is 12.9. The van der Waals surface area contributed by atoms with E-state index in [-0.39, 0.29) is 5.91 Å². The van der Waals surface area contributed by atoms with Crippen molar-refractivity contribution in [2.75, 3.05) is 12.4 Å².